The summed E-state index contributed by atoms with van der Waals surface area (Å²) < 4.78 is 16.8. The number of amidine groups is 1. The van der Waals surface area contributed by atoms with Gasteiger partial charge in [-0.2, -0.15) is 4.99 Å². The van der Waals surface area contributed by atoms with E-state index in [2.05, 4.69) is 17.2 Å². The van der Waals surface area contributed by atoms with Crippen LogP contribution in [0.3, 0.4) is 0 Å². The fraction of sp³-hybridized carbons (Fsp3) is 0.368. The fourth-order valence-corrected chi connectivity index (χ4v) is 3.45. The molecule has 0 fully saturated rings. The van der Waals surface area contributed by atoms with Crippen molar-refractivity contribution in [3.8, 4) is 5.75 Å². The van der Waals surface area contributed by atoms with Gasteiger partial charge in [-0.3, -0.25) is 0 Å². The third kappa shape index (κ3) is 2.51. The van der Waals surface area contributed by atoms with Crippen molar-refractivity contribution < 1.29 is 13.9 Å². The molecule has 2 aliphatic rings. The zero-order valence-electron chi connectivity index (χ0n) is 15.1. The summed E-state index contributed by atoms with van der Waals surface area (Å²) in [5.74, 6) is 2.69. The zero-order chi connectivity index (χ0) is 18.3. The smallest absolute Gasteiger partial charge is 0.245 e. The maximum atomic E-state index is 6.26. The lowest BCUT2D eigenvalue weighted by molar-refractivity contribution is 0.291. The minimum Gasteiger partial charge on any atom is -0.497 e. The summed E-state index contributed by atoms with van der Waals surface area (Å²) >= 11 is 0. The van der Waals surface area contributed by atoms with Gasteiger partial charge in [-0.15, -0.1) is 0 Å². The summed E-state index contributed by atoms with van der Waals surface area (Å²) in [6, 6.07) is 5.85. The molecule has 2 aliphatic heterocycles. The number of benzene rings is 1. The number of rotatable bonds is 5. The molecule has 3 N–H and O–H groups in total. The highest BCUT2D eigenvalue weighted by Crippen LogP contribution is 2.48. The number of aliphatic imine (C=N–C) groups is 1. The van der Waals surface area contributed by atoms with Crippen molar-refractivity contribution >= 4 is 17.4 Å². The third-order valence-corrected chi connectivity index (χ3v) is 4.75. The van der Waals surface area contributed by atoms with E-state index in [0.29, 0.717) is 23.5 Å². The van der Waals surface area contributed by atoms with E-state index in [0.717, 1.165) is 47.5 Å². The third-order valence-electron chi connectivity index (χ3n) is 4.75. The van der Waals surface area contributed by atoms with Crippen LogP contribution in [0.15, 0.2) is 39.1 Å². The Morgan fingerprint density at radius 2 is 2.12 bits per heavy atom. The molecule has 7 nitrogen and oxygen atoms in total. The number of anilines is 1. The van der Waals surface area contributed by atoms with Crippen LogP contribution in [0, 0.1) is 0 Å². The summed E-state index contributed by atoms with van der Waals surface area (Å²) in [6.45, 7) is 2.14. The number of hydrogen-bond donors (Lipinski definition) is 2. The fourth-order valence-electron chi connectivity index (χ4n) is 3.45. The second kappa shape index (κ2) is 6.40. The Morgan fingerprint density at radius 1 is 1.27 bits per heavy atom. The Kier molecular flexibility index (Phi) is 4.06. The molecule has 3 heterocycles. The Morgan fingerprint density at radius 3 is 2.85 bits per heavy atom. The molecule has 0 bridgehead atoms. The van der Waals surface area contributed by atoms with Gasteiger partial charge in [-0.25, -0.2) is 4.98 Å². The lowest BCUT2D eigenvalue weighted by atomic mass is 9.83. The van der Waals surface area contributed by atoms with Crippen molar-refractivity contribution in [3.63, 3.8) is 0 Å². The maximum absolute atomic E-state index is 6.26. The average Bonchev–Trinajstić information content (AvgIpc) is 3.07. The van der Waals surface area contributed by atoms with Gasteiger partial charge in [-0.05, 0) is 30.2 Å². The minimum atomic E-state index is -0.206. The molecule has 0 radical (unpaired) electrons. The Hall–Kier alpha value is -2.96. The first-order valence-corrected chi connectivity index (χ1v) is 8.73. The molecule has 0 unspecified atom stereocenters. The highest BCUT2D eigenvalue weighted by molar-refractivity contribution is 6.04. The number of methoxy groups -OCH3 is 2. The number of fused-ring (bicyclic) bond motifs is 5. The SMILES string of the molecule is CCCCc1nc2c(o1)N=C(N)C1=C(OC)Nc3ccc(OC)cc3[C@@H]12. The molecule has 0 saturated heterocycles. The molecule has 2 aromatic rings. The summed E-state index contributed by atoms with van der Waals surface area (Å²) in [6.07, 6.45) is 2.87. The van der Waals surface area contributed by atoms with Gasteiger partial charge < -0.3 is 24.9 Å². The van der Waals surface area contributed by atoms with Gasteiger partial charge in [-0.1, -0.05) is 13.3 Å². The van der Waals surface area contributed by atoms with Crippen molar-refractivity contribution in [2.75, 3.05) is 19.5 Å². The molecular formula is C19H22N4O3. The highest BCUT2D eigenvalue weighted by Gasteiger charge is 2.40. The second-order valence-electron chi connectivity index (χ2n) is 6.36. The first-order chi connectivity index (χ1) is 12.7. The number of hydrogen-bond acceptors (Lipinski definition) is 7. The molecule has 7 heteroatoms. The molecule has 0 amide bonds. The van der Waals surface area contributed by atoms with Crippen LogP contribution < -0.4 is 15.8 Å². The predicted octanol–water partition coefficient (Wildman–Crippen LogP) is 3.44. The van der Waals surface area contributed by atoms with E-state index in [1.807, 2.05) is 18.2 Å². The van der Waals surface area contributed by atoms with Crippen molar-refractivity contribution in [3.05, 3.63) is 46.8 Å². The van der Waals surface area contributed by atoms with Gasteiger partial charge in [0.15, 0.2) is 11.8 Å². The van der Waals surface area contributed by atoms with Crippen LogP contribution in [0.1, 0.15) is 42.8 Å². The van der Waals surface area contributed by atoms with E-state index in [4.69, 9.17) is 24.6 Å². The number of nitrogens with zero attached hydrogens (tertiary/aromatic N) is 2. The highest BCUT2D eigenvalue weighted by atomic mass is 16.5. The van der Waals surface area contributed by atoms with Crippen molar-refractivity contribution in [1.82, 2.24) is 4.98 Å². The van der Waals surface area contributed by atoms with E-state index in [1.54, 1.807) is 14.2 Å². The molecular weight excluding hydrogens is 332 g/mol. The van der Waals surface area contributed by atoms with Gasteiger partial charge in [0.2, 0.25) is 5.88 Å². The molecule has 4 rings (SSSR count). The number of nitrogens with two attached hydrogens (primary N) is 1. The number of oxazole rings is 1. The Balaban J connectivity index is 1.89. The van der Waals surface area contributed by atoms with E-state index in [1.165, 1.54) is 0 Å². The van der Waals surface area contributed by atoms with Crippen LogP contribution in [-0.2, 0) is 11.2 Å². The lowest BCUT2D eigenvalue weighted by Gasteiger charge is -2.31. The number of nitrogens with one attached hydrogen (secondary N) is 1. The Bertz CT molecular complexity index is 914. The number of aromatic nitrogens is 1. The van der Waals surface area contributed by atoms with E-state index < -0.39 is 0 Å². The van der Waals surface area contributed by atoms with Crippen molar-refractivity contribution in [2.45, 2.75) is 32.1 Å². The van der Waals surface area contributed by atoms with Crippen LogP contribution in [0.4, 0.5) is 11.6 Å². The number of unbranched alkanes of at least 4 members (excludes halogenated alkanes) is 1. The number of aryl methyl sites for hydroxylation is 1. The lowest BCUT2D eigenvalue weighted by Crippen LogP contribution is -2.31. The van der Waals surface area contributed by atoms with Gasteiger partial charge >= 0.3 is 0 Å². The molecule has 1 atom stereocenters. The molecule has 0 aliphatic carbocycles. The Labute approximate surface area is 151 Å². The van der Waals surface area contributed by atoms with Crippen LogP contribution >= 0.6 is 0 Å². The van der Waals surface area contributed by atoms with Crippen LogP contribution in [-0.4, -0.2) is 25.0 Å². The summed E-state index contributed by atoms with van der Waals surface area (Å²) in [7, 11) is 3.26. The average molecular weight is 354 g/mol. The molecule has 1 aromatic carbocycles. The first kappa shape index (κ1) is 16.5. The van der Waals surface area contributed by atoms with E-state index in [9.17, 15) is 0 Å². The van der Waals surface area contributed by atoms with Gasteiger partial charge in [0.25, 0.3) is 0 Å². The quantitative estimate of drug-likeness (QED) is 0.854. The normalized spacial score (nSPS) is 17.7. The summed E-state index contributed by atoms with van der Waals surface area (Å²) in [4.78, 5) is 9.17. The number of ether oxygens (including phenoxy) is 2. The topological polar surface area (TPSA) is 94.9 Å². The minimum absolute atomic E-state index is 0.206. The second-order valence-corrected chi connectivity index (χ2v) is 6.36. The molecule has 136 valence electrons. The van der Waals surface area contributed by atoms with Gasteiger partial charge in [0.05, 0.1) is 25.7 Å². The summed E-state index contributed by atoms with van der Waals surface area (Å²) in [5, 5.41) is 3.28. The largest absolute Gasteiger partial charge is 0.497 e. The zero-order valence-corrected chi connectivity index (χ0v) is 15.1. The summed E-state index contributed by atoms with van der Waals surface area (Å²) in [5.41, 5.74) is 9.74. The van der Waals surface area contributed by atoms with E-state index in [-0.39, 0.29) is 5.92 Å². The predicted molar refractivity (Wildman–Crippen MR) is 98.9 cm³/mol. The van der Waals surface area contributed by atoms with Crippen molar-refractivity contribution in [2.24, 2.45) is 10.7 Å². The first-order valence-electron chi connectivity index (χ1n) is 8.73. The molecule has 0 saturated carbocycles. The molecule has 1 aromatic heterocycles. The standard InChI is InChI=1S/C19H22N4O3/c1-4-5-6-13-22-16-14-11-9-10(24-2)7-8-12(11)21-18(25-3)15(14)17(20)23-19(16)26-13/h7-9,14,21H,4-6H2,1-3H3,(H2,20,23)/t14-/m0/s1. The van der Waals surface area contributed by atoms with Gasteiger partial charge in [0, 0.05) is 12.1 Å². The van der Waals surface area contributed by atoms with Crippen LogP contribution in [0.5, 0.6) is 5.75 Å². The van der Waals surface area contributed by atoms with Crippen molar-refractivity contribution in [1.29, 1.82) is 0 Å². The maximum Gasteiger partial charge on any atom is 0.245 e. The monoisotopic (exact) mass is 354 g/mol. The molecule has 0 spiro atoms. The van der Waals surface area contributed by atoms with Crippen LogP contribution in [0.25, 0.3) is 0 Å². The van der Waals surface area contributed by atoms with Gasteiger partial charge in [0.1, 0.15) is 17.3 Å². The molecule has 26 heavy (non-hydrogen) atoms. The van der Waals surface area contributed by atoms with E-state index >= 15 is 0 Å². The van der Waals surface area contributed by atoms with Crippen LogP contribution in [0.2, 0.25) is 0 Å².